The van der Waals surface area contributed by atoms with Crippen LogP contribution in [-0.4, -0.2) is 20.3 Å². The molecule has 11 heteroatoms. The molecule has 5 nitrogen and oxygen atoms in total. The molecule has 3 aromatic heterocycles. The third kappa shape index (κ3) is 2.41. The van der Waals surface area contributed by atoms with Crippen molar-refractivity contribution in [3.05, 3.63) is 41.3 Å². The molecule has 1 amide bonds. The molecule has 0 unspecified atom stereocenters. The molecule has 0 radical (unpaired) electrons. The zero-order chi connectivity index (χ0) is 17.9. The van der Waals surface area contributed by atoms with Crippen LogP contribution in [-0.2, 0) is 12.4 Å². The van der Waals surface area contributed by atoms with Crippen molar-refractivity contribution in [2.24, 2.45) is 5.73 Å². The van der Waals surface area contributed by atoms with E-state index in [9.17, 15) is 31.1 Å². The number of amides is 1. The van der Waals surface area contributed by atoms with Gasteiger partial charge in [-0.2, -0.15) is 26.3 Å². The second kappa shape index (κ2) is 4.82. The van der Waals surface area contributed by atoms with Gasteiger partial charge in [0, 0.05) is 17.8 Å². The van der Waals surface area contributed by atoms with E-state index in [-0.39, 0.29) is 11.7 Å². The van der Waals surface area contributed by atoms with Gasteiger partial charge in [0.15, 0.2) is 5.69 Å². The number of aromatic nitrogens is 3. The number of imidazole rings is 1. The molecule has 0 spiro atoms. The van der Waals surface area contributed by atoms with E-state index in [4.69, 9.17) is 5.73 Å². The maximum absolute atomic E-state index is 13.0. The highest BCUT2D eigenvalue weighted by Crippen LogP contribution is 2.41. The molecule has 0 saturated carbocycles. The van der Waals surface area contributed by atoms with E-state index in [2.05, 4.69) is 9.97 Å². The lowest BCUT2D eigenvalue weighted by Gasteiger charge is -2.16. The Kier molecular flexibility index (Phi) is 3.22. The van der Waals surface area contributed by atoms with Gasteiger partial charge < -0.3 is 5.73 Å². The lowest BCUT2D eigenvalue weighted by Crippen LogP contribution is -2.20. The van der Waals surface area contributed by atoms with Crippen molar-refractivity contribution in [1.29, 1.82) is 0 Å². The van der Waals surface area contributed by atoms with Gasteiger partial charge in [-0.15, -0.1) is 0 Å². The van der Waals surface area contributed by atoms with Gasteiger partial charge in [-0.25, -0.2) is 9.97 Å². The SMILES string of the molecule is NC(=O)c1cc2nccn2c2nc(C(F)(F)F)c(C(F)(F)F)cc12. The van der Waals surface area contributed by atoms with Crippen LogP contribution in [0, 0.1) is 0 Å². The molecule has 0 bridgehead atoms. The first-order chi connectivity index (χ1) is 11.0. The number of pyridine rings is 2. The number of carbonyl (C=O) groups excluding carboxylic acids is 1. The summed E-state index contributed by atoms with van der Waals surface area (Å²) in [5.74, 6) is -1.11. The van der Waals surface area contributed by atoms with Gasteiger partial charge in [-0.05, 0) is 12.1 Å². The van der Waals surface area contributed by atoms with Crippen LogP contribution in [0.4, 0.5) is 26.3 Å². The summed E-state index contributed by atoms with van der Waals surface area (Å²) in [7, 11) is 0. The van der Waals surface area contributed by atoms with E-state index in [0.717, 1.165) is 10.5 Å². The van der Waals surface area contributed by atoms with E-state index in [1.165, 1.54) is 12.4 Å². The number of primary amides is 1. The average molecular weight is 348 g/mol. The Bertz CT molecular complexity index is 972. The van der Waals surface area contributed by atoms with Gasteiger partial charge in [0.1, 0.15) is 11.3 Å². The van der Waals surface area contributed by atoms with Crippen molar-refractivity contribution in [2.75, 3.05) is 0 Å². The number of hydrogen-bond acceptors (Lipinski definition) is 3. The summed E-state index contributed by atoms with van der Waals surface area (Å²) in [5.41, 5.74) is 0.138. The van der Waals surface area contributed by atoms with Gasteiger partial charge in [0.25, 0.3) is 0 Å². The van der Waals surface area contributed by atoms with E-state index in [1.807, 2.05) is 0 Å². The van der Waals surface area contributed by atoms with Gasteiger partial charge >= 0.3 is 12.4 Å². The molecule has 0 saturated heterocycles. The van der Waals surface area contributed by atoms with Crippen LogP contribution in [0.25, 0.3) is 16.7 Å². The highest BCUT2D eigenvalue weighted by Gasteiger charge is 2.45. The molecule has 0 aliphatic heterocycles. The molecule has 3 heterocycles. The molecule has 0 aliphatic rings. The van der Waals surface area contributed by atoms with Gasteiger partial charge in [0.05, 0.1) is 11.1 Å². The lowest BCUT2D eigenvalue weighted by atomic mass is 10.1. The van der Waals surface area contributed by atoms with Crippen LogP contribution in [0.1, 0.15) is 21.6 Å². The highest BCUT2D eigenvalue weighted by molar-refractivity contribution is 6.06. The summed E-state index contributed by atoms with van der Waals surface area (Å²) in [4.78, 5) is 18.4. The van der Waals surface area contributed by atoms with E-state index in [0.29, 0.717) is 0 Å². The third-order valence-electron chi connectivity index (χ3n) is 3.30. The molecule has 2 N–H and O–H groups in total. The monoisotopic (exact) mass is 348 g/mol. The minimum Gasteiger partial charge on any atom is -0.366 e. The summed E-state index contributed by atoms with van der Waals surface area (Å²) in [6.07, 6.45) is -8.24. The second-order valence-electron chi connectivity index (χ2n) is 4.83. The summed E-state index contributed by atoms with van der Waals surface area (Å²) >= 11 is 0. The molecule has 3 aromatic rings. The first kappa shape index (κ1) is 16.0. The zero-order valence-electron chi connectivity index (χ0n) is 11.4. The van der Waals surface area contributed by atoms with Crippen molar-refractivity contribution in [3.8, 4) is 0 Å². The van der Waals surface area contributed by atoms with E-state index in [1.54, 1.807) is 0 Å². The standard InChI is InChI=1S/C13H6F6N4O/c14-12(15,16)7-3-6-5(10(20)24)4-8-21-1-2-23(8)11(6)22-9(7)13(17,18)19/h1-4H,(H2,20,24). The predicted octanol–water partition coefficient (Wildman–Crippen LogP) is 3.02. The molecule has 126 valence electrons. The Labute approximate surface area is 128 Å². The van der Waals surface area contributed by atoms with Gasteiger partial charge in [-0.3, -0.25) is 9.20 Å². The third-order valence-corrected chi connectivity index (χ3v) is 3.30. The largest absolute Gasteiger partial charge is 0.434 e. The fourth-order valence-electron chi connectivity index (χ4n) is 2.33. The summed E-state index contributed by atoms with van der Waals surface area (Å²) in [6.45, 7) is 0. The number of nitrogens with zero attached hydrogens (tertiary/aromatic N) is 3. The van der Waals surface area contributed by atoms with Crippen molar-refractivity contribution in [2.45, 2.75) is 12.4 Å². The topological polar surface area (TPSA) is 73.3 Å². The molecule has 0 aliphatic carbocycles. The normalized spacial score (nSPS) is 12.9. The van der Waals surface area contributed by atoms with Gasteiger partial charge in [-0.1, -0.05) is 0 Å². The Balaban J connectivity index is 2.55. The van der Waals surface area contributed by atoms with Crippen LogP contribution in [0.2, 0.25) is 0 Å². The quantitative estimate of drug-likeness (QED) is 0.687. The maximum atomic E-state index is 13.0. The van der Waals surface area contributed by atoms with Crippen LogP contribution in [0.3, 0.4) is 0 Å². The Morgan fingerprint density at radius 1 is 1.08 bits per heavy atom. The number of fused-ring (bicyclic) bond motifs is 3. The molecule has 0 fully saturated rings. The van der Waals surface area contributed by atoms with E-state index < -0.39 is 46.1 Å². The van der Waals surface area contributed by atoms with Crippen LogP contribution >= 0.6 is 0 Å². The highest BCUT2D eigenvalue weighted by atomic mass is 19.4. The number of alkyl halides is 6. The smallest absolute Gasteiger partial charge is 0.366 e. The Morgan fingerprint density at radius 3 is 2.29 bits per heavy atom. The number of rotatable bonds is 1. The van der Waals surface area contributed by atoms with Crippen molar-refractivity contribution >= 4 is 22.6 Å². The number of halogens is 6. The maximum Gasteiger partial charge on any atom is 0.434 e. The minimum absolute atomic E-state index is 0.0247. The number of nitrogens with two attached hydrogens (primary N) is 1. The van der Waals surface area contributed by atoms with Crippen molar-refractivity contribution in [1.82, 2.24) is 14.4 Å². The average Bonchev–Trinajstić information content (AvgIpc) is 2.91. The van der Waals surface area contributed by atoms with Crippen molar-refractivity contribution < 1.29 is 31.1 Å². The predicted molar refractivity (Wildman–Crippen MR) is 69.0 cm³/mol. The molecular formula is C13H6F6N4O. The fourth-order valence-corrected chi connectivity index (χ4v) is 2.33. The Morgan fingerprint density at radius 2 is 1.75 bits per heavy atom. The summed E-state index contributed by atoms with van der Waals surface area (Å²) < 4.78 is 79.1. The summed E-state index contributed by atoms with van der Waals surface area (Å²) in [6, 6.07) is 1.31. The van der Waals surface area contributed by atoms with Crippen LogP contribution in [0.5, 0.6) is 0 Å². The van der Waals surface area contributed by atoms with E-state index >= 15 is 0 Å². The fraction of sp³-hybridized carbons (Fsp3) is 0.154. The molecular weight excluding hydrogens is 342 g/mol. The molecule has 0 atom stereocenters. The molecule has 3 rings (SSSR count). The molecule has 24 heavy (non-hydrogen) atoms. The number of carbonyl (C=O) groups is 1. The number of hydrogen-bond donors (Lipinski definition) is 1. The second-order valence-corrected chi connectivity index (χ2v) is 4.83. The molecule has 0 aromatic carbocycles. The first-order valence-electron chi connectivity index (χ1n) is 6.25. The summed E-state index contributed by atoms with van der Waals surface area (Å²) in [5, 5.41) is -0.451. The van der Waals surface area contributed by atoms with Gasteiger partial charge in [0.2, 0.25) is 5.91 Å². The zero-order valence-corrected chi connectivity index (χ0v) is 11.4. The Hall–Kier alpha value is -2.85. The minimum atomic E-state index is -5.34. The van der Waals surface area contributed by atoms with Crippen molar-refractivity contribution in [3.63, 3.8) is 0 Å². The van der Waals surface area contributed by atoms with Crippen LogP contribution < -0.4 is 5.73 Å². The van der Waals surface area contributed by atoms with Crippen LogP contribution in [0.15, 0.2) is 24.5 Å². The first-order valence-corrected chi connectivity index (χ1v) is 6.25. The lowest BCUT2D eigenvalue weighted by molar-refractivity contribution is -0.164.